The zero-order valence-corrected chi connectivity index (χ0v) is 29.9. The van der Waals surface area contributed by atoms with Gasteiger partial charge >= 0.3 is 6.03 Å². The number of nitrogens with one attached hydrogen (secondary N) is 4. The van der Waals surface area contributed by atoms with Crippen molar-refractivity contribution in [1.82, 2.24) is 10.3 Å². The van der Waals surface area contributed by atoms with Crippen molar-refractivity contribution in [3.8, 4) is 5.75 Å². The van der Waals surface area contributed by atoms with Crippen LogP contribution >= 0.6 is 0 Å². The summed E-state index contributed by atoms with van der Waals surface area (Å²) in [5.41, 5.74) is 4.89. The number of aliphatic hydroxyl groups excluding tert-OH is 1. The van der Waals surface area contributed by atoms with Crippen LogP contribution in [-0.2, 0) is 27.4 Å². The third kappa shape index (κ3) is 12.7. The van der Waals surface area contributed by atoms with Crippen LogP contribution in [0.3, 0.4) is 0 Å². The van der Waals surface area contributed by atoms with Crippen LogP contribution in [0.5, 0.6) is 5.75 Å². The maximum atomic E-state index is 12.7. The number of anilines is 3. The molecule has 2 heterocycles. The summed E-state index contributed by atoms with van der Waals surface area (Å²) in [6.07, 6.45) is 6.69. The van der Waals surface area contributed by atoms with Gasteiger partial charge in [0.2, 0.25) is 5.79 Å². The average molecular weight is 712 g/mol. The second-order valence-corrected chi connectivity index (χ2v) is 13.0. The van der Waals surface area contributed by atoms with E-state index in [0.29, 0.717) is 62.2 Å². The number of unbranched alkanes of at least 4 members (excludes halogenated alkanes) is 3. The van der Waals surface area contributed by atoms with Crippen molar-refractivity contribution in [3.05, 3.63) is 114 Å². The molecule has 12 heteroatoms. The second kappa shape index (κ2) is 19.7. The maximum absolute atomic E-state index is 12.7. The number of hydrogen-bond acceptors (Lipinski definition) is 9. The number of aliphatic hydroxyl groups is 1. The second-order valence-electron chi connectivity index (χ2n) is 13.0. The molecule has 12 nitrogen and oxygen atoms in total. The van der Waals surface area contributed by atoms with E-state index in [1.807, 2.05) is 50.2 Å². The van der Waals surface area contributed by atoms with Gasteiger partial charge in [0.25, 0.3) is 5.91 Å². The van der Waals surface area contributed by atoms with E-state index in [0.717, 1.165) is 54.7 Å². The summed E-state index contributed by atoms with van der Waals surface area (Å²) < 4.78 is 23.1. The van der Waals surface area contributed by atoms with Crippen LogP contribution in [0.15, 0.2) is 91.3 Å². The molecule has 5 N–H and O–H groups in total. The number of rotatable bonds is 19. The number of nitrogens with zero attached hydrogens (tertiary/aromatic N) is 1. The monoisotopic (exact) mass is 711 g/mol. The first-order valence-electron chi connectivity index (χ1n) is 17.7. The molecule has 4 aromatic rings. The maximum Gasteiger partial charge on any atom is 0.323 e. The quantitative estimate of drug-likeness (QED) is 0.0645. The molecule has 52 heavy (non-hydrogen) atoms. The summed E-state index contributed by atoms with van der Waals surface area (Å²) in [6, 6.07) is 23.1. The summed E-state index contributed by atoms with van der Waals surface area (Å²) in [6.45, 7) is 7.67. The molecule has 1 atom stereocenters. The molecule has 1 aliphatic heterocycles. The summed E-state index contributed by atoms with van der Waals surface area (Å²) in [5.74, 6) is -0.107. The molecule has 0 spiro atoms. The number of urea groups is 1. The summed E-state index contributed by atoms with van der Waals surface area (Å²) in [5, 5.41) is 22.4. The van der Waals surface area contributed by atoms with Gasteiger partial charge in [0.15, 0.2) is 0 Å². The Hall–Kier alpha value is -4.85. The lowest BCUT2D eigenvalue weighted by Gasteiger charge is -2.33. The third-order valence-electron chi connectivity index (χ3n) is 8.26. The molecule has 1 aliphatic rings. The van der Waals surface area contributed by atoms with Crippen LogP contribution in [-0.4, -0.2) is 60.7 Å². The standard InChI is InChI=1S/C40H49N5O7/c1-40(2)51-28-32-23-30(15-16-37(32)52-40)36(46)26-42-17-5-3-4-6-19-49-20-21-50-27-29-10-7-12-33(22-29)44-39(48)45-35-14-8-13-34(24-35)43-38(47)31-11-9-18-41-25-31/h7-16,18,22-25,36,42,46H,3-6,17,19-21,26-28H2,1-2H3,(H,43,47)(H2,44,45,48)/t36-/m1/s1. The van der Waals surface area contributed by atoms with E-state index in [1.54, 1.807) is 48.7 Å². The van der Waals surface area contributed by atoms with E-state index in [-0.39, 0.29) is 5.91 Å². The zero-order valence-electron chi connectivity index (χ0n) is 29.9. The Kier molecular flexibility index (Phi) is 14.5. The van der Waals surface area contributed by atoms with Crippen molar-refractivity contribution in [2.75, 3.05) is 48.9 Å². The first-order valence-corrected chi connectivity index (χ1v) is 17.7. The Morgan fingerprint density at radius 1 is 0.846 bits per heavy atom. The molecule has 0 fully saturated rings. The van der Waals surface area contributed by atoms with Gasteiger partial charge in [-0.15, -0.1) is 0 Å². The number of carbonyl (C=O) groups excluding carboxylic acids is 2. The molecule has 0 saturated heterocycles. The van der Waals surface area contributed by atoms with Crippen LogP contribution in [0.25, 0.3) is 0 Å². The number of fused-ring (bicyclic) bond motifs is 1. The highest BCUT2D eigenvalue weighted by Gasteiger charge is 2.27. The van der Waals surface area contributed by atoms with Gasteiger partial charge in [0, 0.05) is 62.0 Å². The van der Waals surface area contributed by atoms with E-state index in [1.165, 1.54) is 6.20 Å². The summed E-state index contributed by atoms with van der Waals surface area (Å²) >= 11 is 0. The highest BCUT2D eigenvalue weighted by atomic mass is 16.7. The van der Waals surface area contributed by atoms with E-state index < -0.39 is 17.9 Å². The smallest absolute Gasteiger partial charge is 0.323 e. The zero-order chi connectivity index (χ0) is 36.6. The minimum absolute atomic E-state index is 0.287. The van der Waals surface area contributed by atoms with Crippen LogP contribution in [0.4, 0.5) is 21.9 Å². The molecule has 276 valence electrons. The molecule has 0 aliphatic carbocycles. The van der Waals surface area contributed by atoms with Gasteiger partial charge in [0.05, 0.1) is 38.1 Å². The van der Waals surface area contributed by atoms with Gasteiger partial charge in [-0.25, -0.2) is 4.79 Å². The molecule has 1 aromatic heterocycles. The SMILES string of the molecule is CC1(C)OCc2cc([C@H](O)CNCCCCCCOCCOCc3cccc(NC(=O)Nc4cccc(NC(=O)c5cccnc5)c4)c3)ccc2O1. The average Bonchev–Trinajstić information content (AvgIpc) is 3.13. The minimum atomic E-state index is -0.629. The van der Waals surface area contributed by atoms with E-state index >= 15 is 0 Å². The van der Waals surface area contributed by atoms with Gasteiger partial charge in [0.1, 0.15) is 5.75 Å². The lowest BCUT2D eigenvalue weighted by atomic mass is 10.0. The summed E-state index contributed by atoms with van der Waals surface area (Å²) in [4.78, 5) is 29.0. The number of pyridine rings is 1. The van der Waals surface area contributed by atoms with E-state index in [4.69, 9.17) is 18.9 Å². The predicted octanol–water partition coefficient (Wildman–Crippen LogP) is 7.04. The Morgan fingerprint density at radius 2 is 1.60 bits per heavy atom. The number of aromatic nitrogens is 1. The van der Waals surface area contributed by atoms with Gasteiger partial charge < -0.3 is 45.3 Å². The number of amides is 3. The fraction of sp³-hybridized carbons (Fsp3) is 0.375. The molecule has 5 rings (SSSR count). The Balaban J connectivity index is 0.874. The lowest BCUT2D eigenvalue weighted by Crippen LogP contribution is -2.35. The van der Waals surface area contributed by atoms with Crippen molar-refractivity contribution in [2.24, 2.45) is 0 Å². The van der Waals surface area contributed by atoms with Gasteiger partial charge in [-0.05, 0) is 85.1 Å². The van der Waals surface area contributed by atoms with Crippen LogP contribution < -0.4 is 26.0 Å². The normalized spacial score (nSPS) is 13.8. The number of hydrogen-bond donors (Lipinski definition) is 5. The van der Waals surface area contributed by atoms with Gasteiger partial charge in [-0.3, -0.25) is 9.78 Å². The molecule has 0 radical (unpaired) electrons. The van der Waals surface area contributed by atoms with Crippen molar-refractivity contribution >= 4 is 29.0 Å². The van der Waals surface area contributed by atoms with Crippen LogP contribution in [0, 0.1) is 0 Å². The fourth-order valence-corrected chi connectivity index (χ4v) is 5.55. The number of benzene rings is 3. The first kappa shape index (κ1) is 38.4. The fourth-order valence-electron chi connectivity index (χ4n) is 5.55. The Bertz CT molecular complexity index is 1740. The molecular formula is C40H49N5O7. The number of ether oxygens (including phenoxy) is 4. The first-order chi connectivity index (χ1) is 25.2. The van der Waals surface area contributed by atoms with E-state index in [2.05, 4.69) is 26.3 Å². The predicted molar refractivity (Wildman–Crippen MR) is 200 cm³/mol. The molecular weight excluding hydrogens is 662 g/mol. The molecule has 0 unspecified atom stereocenters. The molecule has 3 amide bonds. The molecule has 0 saturated carbocycles. The Morgan fingerprint density at radius 3 is 2.40 bits per heavy atom. The van der Waals surface area contributed by atoms with Gasteiger partial charge in [-0.1, -0.05) is 37.1 Å². The van der Waals surface area contributed by atoms with Crippen molar-refractivity contribution in [3.63, 3.8) is 0 Å². The summed E-state index contributed by atoms with van der Waals surface area (Å²) in [7, 11) is 0. The molecule has 0 bridgehead atoms. The molecule has 3 aromatic carbocycles. The van der Waals surface area contributed by atoms with Gasteiger partial charge in [-0.2, -0.15) is 0 Å². The minimum Gasteiger partial charge on any atom is -0.463 e. The topological polar surface area (TPSA) is 152 Å². The van der Waals surface area contributed by atoms with Crippen molar-refractivity contribution in [2.45, 2.75) is 64.6 Å². The number of carbonyl (C=O) groups is 2. The largest absolute Gasteiger partial charge is 0.463 e. The van der Waals surface area contributed by atoms with Crippen LogP contribution in [0.1, 0.15) is 72.7 Å². The Labute approximate surface area is 305 Å². The van der Waals surface area contributed by atoms with E-state index in [9.17, 15) is 14.7 Å². The van der Waals surface area contributed by atoms with Crippen molar-refractivity contribution < 1.29 is 33.6 Å². The third-order valence-corrected chi connectivity index (χ3v) is 8.26. The highest BCUT2D eigenvalue weighted by molar-refractivity contribution is 6.05. The lowest BCUT2D eigenvalue weighted by molar-refractivity contribution is -0.180. The van der Waals surface area contributed by atoms with Crippen LogP contribution in [0.2, 0.25) is 0 Å². The highest BCUT2D eigenvalue weighted by Crippen LogP contribution is 2.33. The van der Waals surface area contributed by atoms with Crippen molar-refractivity contribution in [1.29, 1.82) is 0 Å².